The number of carbonyl (C=O) groups is 1. The molecule has 116 valence electrons. The Kier molecular flexibility index (Phi) is 5.42. The first-order chi connectivity index (χ1) is 10.7. The lowest BCUT2D eigenvalue weighted by atomic mass is 10.1. The molecule has 0 fully saturated rings. The number of benzene rings is 1. The van der Waals surface area contributed by atoms with Crippen molar-refractivity contribution in [2.45, 2.75) is 20.3 Å². The molecule has 0 aliphatic rings. The summed E-state index contributed by atoms with van der Waals surface area (Å²) in [6.45, 7) is 4.15. The van der Waals surface area contributed by atoms with Crippen molar-refractivity contribution < 1.29 is 18.7 Å². The molecule has 2 aromatic rings. The highest BCUT2D eigenvalue weighted by Gasteiger charge is 2.10. The van der Waals surface area contributed by atoms with Gasteiger partial charge in [-0.05, 0) is 31.2 Å². The molecule has 0 aliphatic heterocycles. The van der Waals surface area contributed by atoms with Gasteiger partial charge in [0.25, 0.3) is 0 Å². The first-order valence-corrected chi connectivity index (χ1v) is 7.29. The van der Waals surface area contributed by atoms with Crippen molar-refractivity contribution in [1.29, 1.82) is 0 Å². The van der Waals surface area contributed by atoms with Gasteiger partial charge < -0.3 is 13.9 Å². The van der Waals surface area contributed by atoms with Crippen LogP contribution < -0.4 is 4.74 Å². The summed E-state index contributed by atoms with van der Waals surface area (Å²) in [6.07, 6.45) is 3.89. The molecule has 0 aliphatic carbocycles. The van der Waals surface area contributed by atoms with Gasteiger partial charge in [0.1, 0.15) is 17.3 Å². The predicted octanol–water partition coefficient (Wildman–Crippen LogP) is 4.09. The van der Waals surface area contributed by atoms with Crippen molar-refractivity contribution in [3.63, 3.8) is 0 Å². The summed E-state index contributed by atoms with van der Waals surface area (Å²) in [5.41, 5.74) is 1.82. The Morgan fingerprint density at radius 1 is 1.27 bits per heavy atom. The molecule has 4 nitrogen and oxygen atoms in total. The lowest BCUT2D eigenvalue weighted by Gasteiger charge is -2.01. The van der Waals surface area contributed by atoms with E-state index in [9.17, 15) is 4.79 Å². The van der Waals surface area contributed by atoms with Gasteiger partial charge in [-0.15, -0.1) is 0 Å². The minimum Gasteiger partial charge on any atom is -0.497 e. The van der Waals surface area contributed by atoms with Crippen LogP contribution in [-0.2, 0) is 16.0 Å². The average Bonchev–Trinajstić information content (AvgIpc) is 2.96. The van der Waals surface area contributed by atoms with Crippen LogP contribution in [0.15, 0.2) is 40.8 Å². The second-order valence-electron chi connectivity index (χ2n) is 4.66. The fraction of sp³-hybridized carbons (Fsp3) is 0.278. The van der Waals surface area contributed by atoms with E-state index in [0.717, 1.165) is 34.8 Å². The van der Waals surface area contributed by atoms with E-state index in [-0.39, 0.29) is 5.97 Å². The van der Waals surface area contributed by atoms with Gasteiger partial charge in [-0.1, -0.05) is 19.1 Å². The fourth-order valence-electron chi connectivity index (χ4n) is 2.13. The van der Waals surface area contributed by atoms with Crippen LogP contribution >= 0.6 is 0 Å². The van der Waals surface area contributed by atoms with Gasteiger partial charge in [0.05, 0.1) is 13.7 Å². The number of hydrogen-bond donors (Lipinski definition) is 0. The molecule has 0 radical (unpaired) electrons. The normalized spacial score (nSPS) is 10.9. The number of methoxy groups -OCH3 is 1. The van der Waals surface area contributed by atoms with E-state index >= 15 is 0 Å². The molecule has 22 heavy (non-hydrogen) atoms. The molecule has 2 rings (SSSR count). The molecule has 0 atom stereocenters. The van der Waals surface area contributed by atoms with Gasteiger partial charge in [-0.2, -0.15) is 0 Å². The van der Waals surface area contributed by atoms with Crippen LogP contribution in [0.2, 0.25) is 0 Å². The number of hydrogen-bond acceptors (Lipinski definition) is 4. The van der Waals surface area contributed by atoms with E-state index in [0.29, 0.717) is 6.61 Å². The smallest absolute Gasteiger partial charge is 0.330 e. The number of rotatable bonds is 6. The molecule has 1 heterocycles. The maximum absolute atomic E-state index is 11.4. The first kappa shape index (κ1) is 15.9. The third-order valence-electron chi connectivity index (χ3n) is 3.20. The molecule has 0 unspecified atom stereocenters. The van der Waals surface area contributed by atoms with Gasteiger partial charge in [0, 0.05) is 23.6 Å². The van der Waals surface area contributed by atoms with E-state index in [1.165, 1.54) is 6.08 Å². The monoisotopic (exact) mass is 300 g/mol. The predicted molar refractivity (Wildman–Crippen MR) is 85.7 cm³/mol. The van der Waals surface area contributed by atoms with Crippen LogP contribution in [0.3, 0.4) is 0 Å². The summed E-state index contributed by atoms with van der Waals surface area (Å²) >= 11 is 0. The molecular weight excluding hydrogens is 280 g/mol. The SMILES string of the molecule is CCOC(=O)C=Cc1cc(-c2cccc(OC)c2)oc1CC. The summed E-state index contributed by atoms with van der Waals surface area (Å²) in [5.74, 6) is 2.00. The summed E-state index contributed by atoms with van der Waals surface area (Å²) in [5, 5.41) is 0. The Hall–Kier alpha value is -2.49. The lowest BCUT2D eigenvalue weighted by Crippen LogP contribution is -1.98. The molecule has 0 bridgehead atoms. The largest absolute Gasteiger partial charge is 0.497 e. The Morgan fingerprint density at radius 2 is 2.09 bits per heavy atom. The maximum Gasteiger partial charge on any atom is 0.330 e. The molecule has 1 aromatic carbocycles. The van der Waals surface area contributed by atoms with Crippen molar-refractivity contribution in [1.82, 2.24) is 0 Å². The molecule has 1 aromatic heterocycles. The Bertz CT molecular complexity index is 667. The minimum absolute atomic E-state index is 0.353. The first-order valence-electron chi connectivity index (χ1n) is 7.29. The quantitative estimate of drug-likeness (QED) is 0.595. The lowest BCUT2D eigenvalue weighted by molar-refractivity contribution is -0.137. The van der Waals surface area contributed by atoms with Crippen molar-refractivity contribution in [2.75, 3.05) is 13.7 Å². The van der Waals surface area contributed by atoms with Crippen LogP contribution in [0.4, 0.5) is 0 Å². The van der Waals surface area contributed by atoms with Crippen LogP contribution in [0, 0.1) is 0 Å². The molecule has 4 heteroatoms. The highest BCUT2D eigenvalue weighted by Crippen LogP contribution is 2.29. The number of furan rings is 1. The Balaban J connectivity index is 2.29. The topological polar surface area (TPSA) is 48.7 Å². The highest BCUT2D eigenvalue weighted by atomic mass is 16.5. The van der Waals surface area contributed by atoms with Crippen molar-refractivity contribution >= 4 is 12.0 Å². The van der Waals surface area contributed by atoms with Crippen LogP contribution in [0.25, 0.3) is 17.4 Å². The minimum atomic E-state index is -0.353. The summed E-state index contributed by atoms with van der Waals surface area (Å²) in [4.78, 5) is 11.4. The zero-order chi connectivity index (χ0) is 15.9. The van der Waals surface area contributed by atoms with E-state index < -0.39 is 0 Å². The van der Waals surface area contributed by atoms with Crippen LogP contribution in [-0.4, -0.2) is 19.7 Å². The second kappa shape index (κ2) is 7.50. The van der Waals surface area contributed by atoms with E-state index in [2.05, 4.69) is 0 Å². The molecule has 0 saturated carbocycles. The van der Waals surface area contributed by atoms with E-state index in [1.807, 2.05) is 37.3 Å². The number of esters is 1. The van der Waals surface area contributed by atoms with Gasteiger partial charge >= 0.3 is 5.97 Å². The molecule has 0 N–H and O–H groups in total. The van der Waals surface area contributed by atoms with Gasteiger partial charge in [0.2, 0.25) is 0 Å². The Labute approximate surface area is 130 Å². The van der Waals surface area contributed by atoms with Crippen molar-refractivity contribution in [2.24, 2.45) is 0 Å². The van der Waals surface area contributed by atoms with Gasteiger partial charge in [0.15, 0.2) is 0 Å². The third-order valence-corrected chi connectivity index (χ3v) is 3.20. The highest BCUT2D eigenvalue weighted by molar-refractivity contribution is 5.87. The fourth-order valence-corrected chi connectivity index (χ4v) is 2.13. The number of carbonyl (C=O) groups excluding carboxylic acids is 1. The van der Waals surface area contributed by atoms with Gasteiger partial charge in [-0.25, -0.2) is 4.79 Å². The maximum atomic E-state index is 11.4. The van der Waals surface area contributed by atoms with Crippen molar-refractivity contribution in [3.05, 3.63) is 47.7 Å². The number of aryl methyl sites for hydroxylation is 1. The van der Waals surface area contributed by atoms with E-state index in [4.69, 9.17) is 13.9 Å². The third kappa shape index (κ3) is 3.79. The summed E-state index contributed by atoms with van der Waals surface area (Å²) in [7, 11) is 1.63. The van der Waals surface area contributed by atoms with Crippen LogP contribution in [0.5, 0.6) is 5.75 Å². The second-order valence-corrected chi connectivity index (χ2v) is 4.66. The number of ether oxygens (including phenoxy) is 2. The van der Waals surface area contributed by atoms with Crippen molar-refractivity contribution in [3.8, 4) is 17.1 Å². The van der Waals surface area contributed by atoms with E-state index in [1.54, 1.807) is 20.1 Å². The molecule has 0 saturated heterocycles. The molecular formula is C18H20O4. The molecule has 0 amide bonds. The summed E-state index contributed by atoms with van der Waals surface area (Å²) < 4.78 is 16.0. The Morgan fingerprint density at radius 3 is 2.77 bits per heavy atom. The summed E-state index contributed by atoms with van der Waals surface area (Å²) in [6, 6.07) is 9.59. The zero-order valence-corrected chi connectivity index (χ0v) is 13.1. The van der Waals surface area contributed by atoms with Crippen LogP contribution in [0.1, 0.15) is 25.2 Å². The molecule has 0 spiro atoms. The zero-order valence-electron chi connectivity index (χ0n) is 13.1. The standard InChI is InChI=1S/C18H20O4/c1-4-16-14(9-10-18(19)21-5-2)12-17(22-16)13-7-6-8-15(11-13)20-3/h6-12H,4-5H2,1-3H3. The van der Waals surface area contributed by atoms with Gasteiger partial charge in [-0.3, -0.25) is 0 Å². The average molecular weight is 300 g/mol.